The summed E-state index contributed by atoms with van der Waals surface area (Å²) in [6.07, 6.45) is 0.608. The van der Waals surface area contributed by atoms with Crippen LogP contribution in [0.4, 0.5) is 4.79 Å². The van der Waals surface area contributed by atoms with Crippen LogP contribution in [0.3, 0.4) is 0 Å². The lowest BCUT2D eigenvalue weighted by atomic mass is 9.50. The molecular formula is C22H35NO4. The second-order valence-electron chi connectivity index (χ2n) is 9.47. The molecule has 0 aromatic heterocycles. The molecule has 27 heavy (non-hydrogen) atoms. The van der Waals surface area contributed by atoms with Gasteiger partial charge in [0.25, 0.3) is 0 Å². The van der Waals surface area contributed by atoms with Crippen LogP contribution >= 0.6 is 0 Å². The monoisotopic (exact) mass is 377 g/mol. The first-order valence-electron chi connectivity index (χ1n) is 9.66. The molecule has 0 heterocycles. The summed E-state index contributed by atoms with van der Waals surface area (Å²) in [6, 6.07) is 0. The highest BCUT2D eigenvalue weighted by Gasteiger charge is 2.73. The van der Waals surface area contributed by atoms with Gasteiger partial charge in [0.1, 0.15) is 6.61 Å². The largest absolute Gasteiger partial charge is 0.460 e. The van der Waals surface area contributed by atoms with Gasteiger partial charge in [0.05, 0.1) is 13.2 Å². The van der Waals surface area contributed by atoms with Crippen molar-refractivity contribution in [3.05, 3.63) is 23.3 Å². The topological polar surface area (TPSA) is 64.6 Å². The van der Waals surface area contributed by atoms with Crippen molar-refractivity contribution in [2.45, 2.75) is 61.8 Å². The van der Waals surface area contributed by atoms with E-state index in [1.54, 1.807) is 6.92 Å². The second kappa shape index (κ2) is 6.68. The Kier molecular flexibility index (Phi) is 5.32. The molecule has 3 unspecified atom stereocenters. The van der Waals surface area contributed by atoms with E-state index in [-0.39, 0.29) is 34.8 Å². The molecule has 0 radical (unpaired) electrons. The minimum Gasteiger partial charge on any atom is -0.460 e. The molecule has 0 saturated heterocycles. The molecule has 2 bridgehead atoms. The van der Waals surface area contributed by atoms with Crippen LogP contribution in [0.5, 0.6) is 0 Å². The van der Waals surface area contributed by atoms with E-state index in [1.165, 1.54) is 11.1 Å². The number of nitrogens with one attached hydrogen (secondary N) is 1. The normalized spacial score (nSPS) is 33.8. The number of alkyl carbamates (subject to hydrolysis) is 1. The number of esters is 1. The predicted molar refractivity (Wildman–Crippen MR) is 106 cm³/mol. The van der Waals surface area contributed by atoms with Gasteiger partial charge in [-0.2, -0.15) is 0 Å². The van der Waals surface area contributed by atoms with Crippen LogP contribution in [-0.4, -0.2) is 31.8 Å². The van der Waals surface area contributed by atoms with E-state index in [0.717, 1.165) is 6.42 Å². The quantitative estimate of drug-likeness (QED) is 0.317. The third-order valence-corrected chi connectivity index (χ3v) is 8.35. The Balaban J connectivity index is 1.98. The molecule has 1 N–H and O–H groups in total. The first-order chi connectivity index (χ1) is 12.2. The fourth-order valence-corrected chi connectivity index (χ4v) is 5.42. The number of ether oxygens (including phenoxy) is 2. The van der Waals surface area contributed by atoms with Crippen molar-refractivity contribution in [1.29, 1.82) is 0 Å². The first kappa shape index (κ1) is 21.5. The number of carbonyl (C=O) groups excluding carboxylic acids is 2. The summed E-state index contributed by atoms with van der Waals surface area (Å²) < 4.78 is 10.6. The molecule has 5 heteroatoms. The Labute approximate surface area is 163 Å². The van der Waals surface area contributed by atoms with Gasteiger partial charge in [0.15, 0.2) is 0 Å². The summed E-state index contributed by atoms with van der Waals surface area (Å²) in [6.45, 7) is 21.7. The number of hydrogen-bond donors (Lipinski definition) is 1. The van der Waals surface area contributed by atoms with Gasteiger partial charge in [-0.3, -0.25) is 0 Å². The molecule has 0 spiro atoms. The maximum Gasteiger partial charge on any atom is 0.407 e. The van der Waals surface area contributed by atoms with Gasteiger partial charge in [-0.05, 0) is 43.4 Å². The molecule has 2 rings (SSSR count). The van der Waals surface area contributed by atoms with Gasteiger partial charge in [-0.1, -0.05) is 52.3 Å². The molecule has 3 atom stereocenters. The molecule has 1 fully saturated rings. The Morgan fingerprint density at radius 2 is 1.59 bits per heavy atom. The fraction of sp³-hybridized carbons (Fsp3) is 0.727. The van der Waals surface area contributed by atoms with Crippen LogP contribution in [-0.2, 0) is 14.3 Å². The van der Waals surface area contributed by atoms with E-state index in [0.29, 0.717) is 12.2 Å². The zero-order chi connectivity index (χ0) is 20.8. The van der Waals surface area contributed by atoms with E-state index in [2.05, 4.69) is 60.4 Å². The zero-order valence-electron chi connectivity index (χ0n) is 18.2. The first-order valence-corrected chi connectivity index (χ1v) is 9.66. The van der Waals surface area contributed by atoms with E-state index in [9.17, 15) is 9.59 Å². The number of allylic oxidation sites excluding steroid dienone is 2. The molecular weight excluding hydrogens is 342 g/mol. The van der Waals surface area contributed by atoms with E-state index in [4.69, 9.17) is 9.47 Å². The Bertz CT molecular complexity index is 707. The summed E-state index contributed by atoms with van der Waals surface area (Å²) in [5.74, 6) is -0.458. The molecule has 152 valence electrons. The van der Waals surface area contributed by atoms with Gasteiger partial charge < -0.3 is 14.8 Å². The molecule has 5 nitrogen and oxygen atoms in total. The van der Waals surface area contributed by atoms with E-state index < -0.39 is 12.1 Å². The van der Waals surface area contributed by atoms with Crippen LogP contribution in [0.25, 0.3) is 0 Å². The summed E-state index contributed by atoms with van der Waals surface area (Å²) in [7, 11) is 0. The van der Waals surface area contributed by atoms with Crippen LogP contribution in [0.1, 0.15) is 61.8 Å². The number of hydrogen-bond acceptors (Lipinski definition) is 4. The summed E-state index contributed by atoms with van der Waals surface area (Å²) in [5.41, 5.74) is 3.20. The van der Waals surface area contributed by atoms with Crippen molar-refractivity contribution < 1.29 is 19.1 Å². The van der Waals surface area contributed by atoms with Crippen molar-refractivity contribution in [3.63, 3.8) is 0 Å². The highest BCUT2D eigenvalue weighted by molar-refractivity contribution is 5.86. The molecule has 2 aliphatic rings. The fourth-order valence-electron chi connectivity index (χ4n) is 5.42. The highest BCUT2D eigenvalue weighted by atomic mass is 16.6. The highest BCUT2D eigenvalue weighted by Crippen LogP contribution is 2.79. The van der Waals surface area contributed by atoms with Crippen molar-refractivity contribution in [2.24, 2.45) is 21.7 Å². The molecule has 1 saturated carbocycles. The van der Waals surface area contributed by atoms with Crippen LogP contribution in [0, 0.1) is 21.7 Å². The van der Waals surface area contributed by atoms with E-state index in [1.807, 2.05) is 0 Å². The summed E-state index contributed by atoms with van der Waals surface area (Å²) in [4.78, 5) is 23.5. The van der Waals surface area contributed by atoms with Crippen molar-refractivity contribution in [1.82, 2.24) is 5.32 Å². The Morgan fingerprint density at radius 1 is 1.04 bits per heavy atom. The predicted octanol–water partition coefficient (Wildman–Crippen LogP) is 4.63. The SMILES string of the molecule is C=C(C)C(=O)OCCNC(=O)OCC1(C)C2(C)CC(C)(C(C)=C2C)C1(C)C. The van der Waals surface area contributed by atoms with Crippen molar-refractivity contribution >= 4 is 12.1 Å². The minimum absolute atomic E-state index is 0.00432. The molecule has 0 aliphatic heterocycles. The lowest BCUT2D eigenvalue weighted by molar-refractivity contribution is -0.138. The van der Waals surface area contributed by atoms with Gasteiger partial charge in [-0.15, -0.1) is 0 Å². The maximum atomic E-state index is 12.2. The smallest absolute Gasteiger partial charge is 0.407 e. The molecule has 1 amide bonds. The number of rotatable bonds is 6. The Hall–Kier alpha value is -1.78. The number of fused-ring (bicyclic) bond motifs is 2. The van der Waals surface area contributed by atoms with E-state index >= 15 is 0 Å². The third-order valence-electron chi connectivity index (χ3n) is 8.35. The van der Waals surface area contributed by atoms with Crippen LogP contribution in [0.15, 0.2) is 23.3 Å². The second-order valence-corrected chi connectivity index (χ2v) is 9.47. The van der Waals surface area contributed by atoms with Gasteiger partial charge in [0.2, 0.25) is 0 Å². The van der Waals surface area contributed by atoms with Gasteiger partial charge in [0, 0.05) is 11.0 Å². The number of amides is 1. The molecule has 0 aromatic rings. The van der Waals surface area contributed by atoms with Gasteiger partial charge >= 0.3 is 12.1 Å². The minimum atomic E-state index is -0.478. The molecule has 2 aliphatic carbocycles. The average Bonchev–Trinajstić information content (AvgIpc) is 2.85. The summed E-state index contributed by atoms with van der Waals surface area (Å²) >= 11 is 0. The Morgan fingerprint density at radius 3 is 2.11 bits per heavy atom. The maximum absolute atomic E-state index is 12.2. The number of carbonyl (C=O) groups is 2. The average molecular weight is 378 g/mol. The van der Waals surface area contributed by atoms with Crippen molar-refractivity contribution in [2.75, 3.05) is 19.8 Å². The van der Waals surface area contributed by atoms with Crippen molar-refractivity contribution in [3.8, 4) is 0 Å². The standard InChI is InChI=1S/C22H35NO4/c1-14(2)17(24)26-11-10-23-18(25)27-13-22(9)19(5,6)20(7)12-21(22,8)16(4)15(20)3/h1,10-13H2,2-9H3,(H,23,25). The van der Waals surface area contributed by atoms with Crippen LogP contribution in [0.2, 0.25) is 0 Å². The zero-order valence-corrected chi connectivity index (χ0v) is 18.2. The molecule has 0 aromatic carbocycles. The van der Waals surface area contributed by atoms with Gasteiger partial charge in [-0.25, -0.2) is 9.59 Å². The lowest BCUT2D eigenvalue weighted by Crippen LogP contribution is -2.52. The summed E-state index contributed by atoms with van der Waals surface area (Å²) in [5, 5.41) is 2.65. The van der Waals surface area contributed by atoms with Crippen LogP contribution < -0.4 is 5.32 Å². The lowest BCUT2D eigenvalue weighted by Gasteiger charge is -2.55. The third kappa shape index (κ3) is 2.90.